The van der Waals surface area contributed by atoms with Gasteiger partial charge < -0.3 is 5.11 Å². The van der Waals surface area contributed by atoms with Crippen LogP contribution in [-0.2, 0) is 9.59 Å². The maximum atomic E-state index is 13.7. The third kappa shape index (κ3) is 3.55. The molecule has 5 heteroatoms. The van der Waals surface area contributed by atoms with E-state index in [2.05, 4.69) is 0 Å². The fourth-order valence-corrected chi connectivity index (χ4v) is 4.43. The molecule has 1 fully saturated rings. The highest BCUT2D eigenvalue weighted by Crippen LogP contribution is 2.42. The molecule has 5 rings (SSSR count). The molecule has 1 atom stereocenters. The Bertz CT molecular complexity index is 1490. The van der Waals surface area contributed by atoms with Crippen molar-refractivity contribution in [3.63, 3.8) is 0 Å². The number of anilines is 1. The summed E-state index contributed by atoms with van der Waals surface area (Å²) in [5.41, 5.74) is 3.49. The molecule has 0 bridgehead atoms. The molecule has 0 aromatic heterocycles. The van der Waals surface area contributed by atoms with Crippen molar-refractivity contribution in [2.24, 2.45) is 0 Å². The van der Waals surface area contributed by atoms with E-state index in [9.17, 15) is 19.1 Å². The maximum absolute atomic E-state index is 13.7. The Kier molecular flexibility index (Phi) is 5.25. The number of benzene rings is 4. The van der Waals surface area contributed by atoms with Crippen LogP contribution in [-0.4, -0.2) is 16.8 Å². The van der Waals surface area contributed by atoms with Gasteiger partial charge in [-0.25, -0.2) is 4.39 Å². The van der Waals surface area contributed by atoms with Crippen LogP contribution in [0.5, 0.6) is 0 Å². The summed E-state index contributed by atoms with van der Waals surface area (Å²) >= 11 is 0. The van der Waals surface area contributed by atoms with Gasteiger partial charge in [0.15, 0.2) is 0 Å². The number of fused-ring (bicyclic) bond motifs is 1. The molecule has 168 valence electrons. The molecular formula is C29H22FNO3. The van der Waals surface area contributed by atoms with Crippen LogP contribution < -0.4 is 4.90 Å². The molecule has 0 aliphatic carbocycles. The van der Waals surface area contributed by atoms with Gasteiger partial charge in [0, 0.05) is 11.3 Å². The van der Waals surface area contributed by atoms with Crippen molar-refractivity contribution in [1.82, 2.24) is 0 Å². The number of nitrogens with zero attached hydrogens (tertiary/aromatic N) is 1. The molecule has 4 aromatic carbocycles. The number of rotatable bonds is 3. The number of amides is 1. The molecule has 0 spiro atoms. The Labute approximate surface area is 196 Å². The SMILES string of the molecule is Cc1ccc(N2C(=O)C(=O)/C(=C(\O)c3ccc4ccccc4c3)C2c2ccc(F)cc2)cc1C. The Morgan fingerprint density at radius 1 is 0.824 bits per heavy atom. The van der Waals surface area contributed by atoms with Crippen molar-refractivity contribution in [1.29, 1.82) is 0 Å². The summed E-state index contributed by atoms with van der Waals surface area (Å²) in [5, 5.41) is 13.2. The van der Waals surface area contributed by atoms with E-state index in [0.717, 1.165) is 21.9 Å². The van der Waals surface area contributed by atoms with E-state index < -0.39 is 23.5 Å². The minimum Gasteiger partial charge on any atom is -0.507 e. The van der Waals surface area contributed by atoms with Crippen molar-refractivity contribution in [3.05, 3.63) is 119 Å². The lowest BCUT2D eigenvalue weighted by Gasteiger charge is -2.26. The fraction of sp³-hybridized carbons (Fsp3) is 0.103. The van der Waals surface area contributed by atoms with Gasteiger partial charge in [0.2, 0.25) is 0 Å². The number of halogens is 1. The second-order valence-corrected chi connectivity index (χ2v) is 8.55. The number of carbonyl (C=O) groups is 2. The smallest absolute Gasteiger partial charge is 0.300 e. The largest absolute Gasteiger partial charge is 0.507 e. The zero-order valence-corrected chi connectivity index (χ0v) is 18.7. The Morgan fingerprint density at radius 2 is 1.53 bits per heavy atom. The molecule has 1 amide bonds. The zero-order valence-electron chi connectivity index (χ0n) is 18.7. The van der Waals surface area contributed by atoms with Gasteiger partial charge in [0.25, 0.3) is 11.7 Å². The minimum atomic E-state index is -0.894. The van der Waals surface area contributed by atoms with E-state index in [-0.39, 0.29) is 11.3 Å². The van der Waals surface area contributed by atoms with Crippen LogP contribution in [0.25, 0.3) is 16.5 Å². The van der Waals surface area contributed by atoms with Crippen molar-refractivity contribution in [2.45, 2.75) is 19.9 Å². The zero-order chi connectivity index (χ0) is 24.0. The second-order valence-electron chi connectivity index (χ2n) is 8.55. The highest BCUT2D eigenvalue weighted by Gasteiger charge is 2.47. The lowest BCUT2D eigenvalue weighted by Crippen LogP contribution is -2.29. The molecule has 0 radical (unpaired) electrons. The molecule has 4 aromatic rings. The van der Waals surface area contributed by atoms with Gasteiger partial charge >= 0.3 is 0 Å². The summed E-state index contributed by atoms with van der Waals surface area (Å²) in [7, 11) is 0. The number of hydrogen-bond donors (Lipinski definition) is 1. The molecular weight excluding hydrogens is 429 g/mol. The van der Waals surface area contributed by atoms with Gasteiger partial charge in [-0.1, -0.05) is 54.6 Å². The fourth-order valence-electron chi connectivity index (χ4n) is 4.43. The van der Waals surface area contributed by atoms with Gasteiger partial charge in [0.1, 0.15) is 11.6 Å². The normalized spacial score (nSPS) is 17.5. The lowest BCUT2D eigenvalue weighted by atomic mass is 9.94. The van der Waals surface area contributed by atoms with Gasteiger partial charge in [-0.15, -0.1) is 0 Å². The van der Waals surface area contributed by atoms with Gasteiger partial charge in [0.05, 0.1) is 11.6 Å². The molecule has 1 saturated heterocycles. The van der Waals surface area contributed by atoms with Crippen LogP contribution >= 0.6 is 0 Å². The third-order valence-electron chi connectivity index (χ3n) is 6.42. The average molecular weight is 451 g/mol. The molecule has 1 unspecified atom stereocenters. The van der Waals surface area contributed by atoms with Crippen molar-refractivity contribution >= 4 is 33.9 Å². The average Bonchev–Trinajstić information content (AvgIpc) is 3.11. The molecule has 1 aliphatic rings. The highest BCUT2D eigenvalue weighted by molar-refractivity contribution is 6.51. The monoisotopic (exact) mass is 451 g/mol. The Balaban J connectivity index is 1.73. The number of ketones is 1. The summed E-state index contributed by atoms with van der Waals surface area (Å²) in [6, 6.07) is 23.3. The van der Waals surface area contributed by atoms with Crippen LogP contribution in [0.3, 0.4) is 0 Å². The van der Waals surface area contributed by atoms with E-state index >= 15 is 0 Å². The Morgan fingerprint density at radius 3 is 2.24 bits per heavy atom. The minimum absolute atomic E-state index is 0.0230. The number of aliphatic hydroxyl groups excluding tert-OH is 1. The van der Waals surface area contributed by atoms with Crippen molar-refractivity contribution < 1.29 is 19.1 Å². The first-order valence-electron chi connectivity index (χ1n) is 11.0. The molecule has 1 heterocycles. The van der Waals surface area contributed by atoms with E-state index in [1.54, 1.807) is 18.2 Å². The van der Waals surface area contributed by atoms with Gasteiger partial charge in [-0.2, -0.15) is 0 Å². The van der Waals surface area contributed by atoms with Crippen LogP contribution in [0.15, 0.2) is 90.5 Å². The number of aliphatic hydroxyl groups is 1. The third-order valence-corrected chi connectivity index (χ3v) is 6.42. The first-order chi connectivity index (χ1) is 16.3. The van der Waals surface area contributed by atoms with E-state index in [4.69, 9.17) is 0 Å². The highest BCUT2D eigenvalue weighted by atomic mass is 19.1. The van der Waals surface area contributed by atoms with Gasteiger partial charge in [-0.3, -0.25) is 14.5 Å². The molecule has 1 N–H and O–H groups in total. The molecule has 4 nitrogen and oxygen atoms in total. The second kappa shape index (κ2) is 8.27. The molecule has 1 aliphatic heterocycles. The first kappa shape index (κ1) is 21.6. The van der Waals surface area contributed by atoms with Crippen LogP contribution in [0, 0.1) is 19.7 Å². The summed E-state index contributed by atoms with van der Waals surface area (Å²) in [5.74, 6) is -2.20. The number of hydrogen-bond acceptors (Lipinski definition) is 3. The van der Waals surface area contributed by atoms with Crippen molar-refractivity contribution in [2.75, 3.05) is 4.90 Å². The summed E-state index contributed by atoms with van der Waals surface area (Å²) in [6.45, 7) is 3.89. The molecule has 0 saturated carbocycles. The quantitative estimate of drug-likeness (QED) is 0.228. The first-order valence-corrected chi connectivity index (χ1v) is 11.0. The van der Waals surface area contributed by atoms with E-state index in [0.29, 0.717) is 16.8 Å². The molecule has 34 heavy (non-hydrogen) atoms. The summed E-state index contributed by atoms with van der Waals surface area (Å²) < 4.78 is 13.7. The van der Waals surface area contributed by atoms with Crippen LogP contribution in [0.4, 0.5) is 10.1 Å². The number of Topliss-reactive ketones (excluding diaryl/α,β-unsaturated/α-hetero) is 1. The summed E-state index contributed by atoms with van der Waals surface area (Å²) in [4.78, 5) is 27.9. The van der Waals surface area contributed by atoms with Crippen LogP contribution in [0.2, 0.25) is 0 Å². The standard InChI is InChI=1S/C29H22FNO3/c1-17-7-14-24(15-18(17)2)31-26(20-10-12-23(30)13-11-20)25(28(33)29(31)34)27(32)22-9-8-19-5-3-4-6-21(19)16-22/h3-16,26,32H,1-2H3/b27-25-. The lowest BCUT2D eigenvalue weighted by molar-refractivity contribution is -0.132. The predicted molar refractivity (Wildman–Crippen MR) is 131 cm³/mol. The number of aryl methyl sites for hydroxylation is 2. The Hall–Kier alpha value is -4.25. The van der Waals surface area contributed by atoms with Gasteiger partial charge in [-0.05, 0) is 71.6 Å². The number of carbonyl (C=O) groups excluding carboxylic acids is 2. The van der Waals surface area contributed by atoms with E-state index in [1.165, 1.54) is 29.2 Å². The maximum Gasteiger partial charge on any atom is 0.300 e. The van der Waals surface area contributed by atoms with E-state index in [1.807, 2.05) is 56.3 Å². The summed E-state index contributed by atoms with van der Waals surface area (Å²) in [6.07, 6.45) is 0. The predicted octanol–water partition coefficient (Wildman–Crippen LogP) is 6.22. The van der Waals surface area contributed by atoms with Crippen LogP contribution in [0.1, 0.15) is 28.3 Å². The topological polar surface area (TPSA) is 57.6 Å². The van der Waals surface area contributed by atoms with Crippen molar-refractivity contribution in [3.8, 4) is 0 Å².